The smallest absolute Gasteiger partial charge is 0.150 e. The molecule has 9 heavy (non-hydrogen) atoms. The van der Waals surface area contributed by atoms with Crippen LogP contribution in [0.3, 0.4) is 0 Å². The second-order valence-corrected chi connectivity index (χ2v) is 1.33. The normalized spacial score (nSPS) is 16.7. The summed E-state index contributed by atoms with van der Waals surface area (Å²) in [5.41, 5.74) is -0.627. The summed E-state index contributed by atoms with van der Waals surface area (Å²) in [7, 11) is 0. The standard InChI is InChI=1S/C7H6O2/c8-5-6-1-3-7(9)4-2-6/h1-5,9H/i1D,2D,3D,4D,5D. The van der Waals surface area contributed by atoms with Crippen LogP contribution in [0.25, 0.3) is 0 Å². The van der Waals surface area contributed by atoms with Crippen molar-refractivity contribution < 1.29 is 16.8 Å². The fourth-order valence-corrected chi connectivity index (χ4v) is 0.357. The molecule has 0 spiro atoms. The van der Waals surface area contributed by atoms with E-state index in [0.717, 1.165) is 0 Å². The average Bonchev–Trinajstić information content (AvgIpc) is 2.11. The molecule has 1 aromatic rings. The quantitative estimate of drug-likeness (QED) is 0.575. The molecule has 0 aliphatic carbocycles. The molecule has 0 aliphatic heterocycles. The van der Waals surface area contributed by atoms with E-state index in [0.29, 0.717) is 0 Å². The van der Waals surface area contributed by atoms with E-state index in [2.05, 4.69) is 0 Å². The molecule has 0 aromatic heterocycles. The van der Waals surface area contributed by atoms with Crippen LogP contribution in [-0.2, 0) is 0 Å². The van der Waals surface area contributed by atoms with Crippen molar-refractivity contribution in [1.82, 2.24) is 0 Å². The van der Waals surface area contributed by atoms with Crippen LogP contribution in [0, 0.1) is 0 Å². The highest BCUT2D eigenvalue weighted by atomic mass is 16.3. The third-order valence-corrected chi connectivity index (χ3v) is 0.714. The monoisotopic (exact) mass is 127 g/mol. The van der Waals surface area contributed by atoms with E-state index in [9.17, 15) is 4.79 Å². The van der Waals surface area contributed by atoms with Gasteiger partial charge in [-0.25, -0.2) is 0 Å². The van der Waals surface area contributed by atoms with E-state index in [-0.39, 0.29) is 0 Å². The van der Waals surface area contributed by atoms with Crippen LogP contribution in [-0.4, -0.2) is 11.4 Å². The largest absolute Gasteiger partial charge is 0.508 e. The fraction of sp³-hybridized carbons (Fsp3) is 0. The highest BCUT2D eigenvalue weighted by molar-refractivity contribution is 5.74. The Bertz CT molecular complexity index is 386. The van der Waals surface area contributed by atoms with Gasteiger partial charge in [0.2, 0.25) is 0 Å². The third-order valence-electron chi connectivity index (χ3n) is 0.714. The van der Waals surface area contributed by atoms with Gasteiger partial charge in [0.1, 0.15) is 13.4 Å². The first-order chi connectivity index (χ1) is 6.37. The first kappa shape index (κ1) is 2.14. The van der Waals surface area contributed by atoms with Crippen molar-refractivity contribution >= 4 is 6.26 Å². The van der Waals surface area contributed by atoms with Gasteiger partial charge in [0, 0.05) is 5.56 Å². The first-order valence-electron chi connectivity index (χ1n) is 4.68. The Kier molecular flexibility index (Phi) is 0.548. The minimum absolute atomic E-state index is 0.627. The Hall–Kier alpha value is -1.31. The number of hydrogen-bond acceptors (Lipinski definition) is 2. The van der Waals surface area contributed by atoms with Gasteiger partial charge in [-0.1, -0.05) is 0 Å². The maximum Gasteiger partial charge on any atom is 0.150 e. The lowest BCUT2D eigenvalue weighted by Gasteiger charge is -1.88. The molecule has 0 amide bonds. The molecule has 1 rings (SSSR count). The Morgan fingerprint density at radius 3 is 2.56 bits per heavy atom. The van der Waals surface area contributed by atoms with Gasteiger partial charge in [-0.15, -0.1) is 0 Å². The van der Waals surface area contributed by atoms with E-state index in [4.69, 9.17) is 12.0 Å². The summed E-state index contributed by atoms with van der Waals surface area (Å²) in [5.74, 6) is -0.815. The summed E-state index contributed by atoms with van der Waals surface area (Å²) in [4.78, 5) is 10.7. The fourth-order valence-electron chi connectivity index (χ4n) is 0.357. The molecule has 1 N–H and O–H groups in total. The molecule has 0 bridgehead atoms. The second-order valence-electron chi connectivity index (χ2n) is 1.33. The van der Waals surface area contributed by atoms with Gasteiger partial charge in [-0.05, 0) is 24.2 Å². The summed E-state index contributed by atoms with van der Waals surface area (Å²) in [6.07, 6.45) is -1.30. The van der Waals surface area contributed by atoms with Gasteiger partial charge in [-0.3, -0.25) is 4.79 Å². The zero-order valence-corrected chi connectivity index (χ0v) is 4.36. The number of hydrogen-bond donors (Lipinski definition) is 1. The van der Waals surface area contributed by atoms with Gasteiger partial charge in [0.25, 0.3) is 0 Å². The summed E-state index contributed by atoms with van der Waals surface area (Å²) >= 11 is 0. The maximum atomic E-state index is 10.7. The van der Waals surface area contributed by atoms with Crippen molar-refractivity contribution in [3.8, 4) is 5.75 Å². The molecule has 46 valence electrons. The number of benzene rings is 1. The predicted molar refractivity (Wildman–Crippen MR) is 33.5 cm³/mol. The van der Waals surface area contributed by atoms with E-state index in [1.807, 2.05) is 0 Å². The van der Waals surface area contributed by atoms with Gasteiger partial charge >= 0.3 is 0 Å². The SMILES string of the molecule is [2H]C(=O)c1c([2H])c([2H])c(O)c([2H])c1[2H]. The maximum absolute atomic E-state index is 10.7. The van der Waals surface area contributed by atoms with Crippen LogP contribution in [0.4, 0.5) is 0 Å². The van der Waals surface area contributed by atoms with Crippen molar-refractivity contribution in [2.45, 2.75) is 0 Å². The van der Waals surface area contributed by atoms with Crippen LogP contribution in [0.5, 0.6) is 5.75 Å². The van der Waals surface area contributed by atoms with Crippen molar-refractivity contribution in [1.29, 1.82) is 0 Å². The molecule has 0 atom stereocenters. The zero-order chi connectivity index (χ0) is 11.0. The molecule has 1 aromatic carbocycles. The summed E-state index contributed by atoms with van der Waals surface area (Å²) in [6.45, 7) is 0. The molecule has 0 unspecified atom stereocenters. The molecular formula is C7H6O2. The molecule has 0 radical (unpaired) electrons. The van der Waals surface area contributed by atoms with Gasteiger partial charge in [0.05, 0.1) is 5.48 Å². The van der Waals surface area contributed by atoms with Gasteiger partial charge in [-0.2, -0.15) is 0 Å². The lowest BCUT2D eigenvalue weighted by molar-refractivity contribution is 0.112. The summed E-state index contributed by atoms with van der Waals surface area (Å²) in [6, 6.07) is -2.80. The lowest BCUT2D eigenvalue weighted by Crippen LogP contribution is -1.74. The van der Waals surface area contributed by atoms with Crippen LogP contribution in [0.1, 0.15) is 17.2 Å². The Morgan fingerprint density at radius 1 is 1.56 bits per heavy atom. The van der Waals surface area contributed by atoms with Crippen LogP contribution >= 0.6 is 0 Å². The first-order valence-corrected chi connectivity index (χ1v) is 2.18. The minimum atomic E-state index is -1.30. The molecule has 0 saturated carbocycles. The van der Waals surface area contributed by atoms with Crippen molar-refractivity contribution in [2.75, 3.05) is 0 Å². The Balaban J connectivity index is 3.68. The number of phenols is 1. The molecule has 0 saturated heterocycles. The Morgan fingerprint density at radius 2 is 2.11 bits per heavy atom. The Labute approximate surface area is 59.8 Å². The summed E-state index contributed by atoms with van der Waals surface area (Å²) in [5, 5.41) is 9.09. The van der Waals surface area contributed by atoms with Crippen LogP contribution in [0.2, 0.25) is 0 Å². The molecular weight excluding hydrogens is 116 g/mol. The minimum Gasteiger partial charge on any atom is -0.508 e. The number of phenolic OH excluding ortho intramolecular Hbond substituents is 1. The van der Waals surface area contributed by atoms with E-state index < -0.39 is 41.7 Å². The van der Waals surface area contributed by atoms with E-state index >= 15 is 0 Å². The number of carbonyl (C=O) groups is 1. The molecule has 0 heterocycles. The van der Waals surface area contributed by atoms with Crippen LogP contribution in [0.15, 0.2) is 24.2 Å². The van der Waals surface area contributed by atoms with E-state index in [1.165, 1.54) is 0 Å². The van der Waals surface area contributed by atoms with Crippen LogP contribution < -0.4 is 0 Å². The number of rotatable bonds is 1. The zero-order valence-electron chi connectivity index (χ0n) is 9.36. The summed E-state index contributed by atoms with van der Waals surface area (Å²) < 4.78 is 35.4. The van der Waals surface area contributed by atoms with Crippen molar-refractivity contribution in [3.05, 3.63) is 29.7 Å². The number of aldehydes is 1. The highest BCUT2D eigenvalue weighted by Crippen LogP contribution is 2.07. The van der Waals surface area contributed by atoms with Crippen molar-refractivity contribution in [3.63, 3.8) is 0 Å². The average molecular weight is 127 g/mol. The molecule has 0 fully saturated rings. The van der Waals surface area contributed by atoms with Gasteiger partial charge < -0.3 is 5.11 Å². The third kappa shape index (κ3) is 1.29. The van der Waals surface area contributed by atoms with Crippen molar-refractivity contribution in [2.24, 2.45) is 0 Å². The molecule has 2 heteroatoms. The van der Waals surface area contributed by atoms with Gasteiger partial charge in [0.15, 0.2) is 0 Å². The van der Waals surface area contributed by atoms with E-state index in [1.54, 1.807) is 0 Å². The molecule has 2 nitrogen and oxygen atoms in total. The topological polar surface area (TPSA) is 37.3 Å². The second kappa shape index (κ2) is 2.31. The lowest BCUT2D eigenvalue weighted by atomic mass is 10.2. The number of aromatic hydroxyl groups is 1. The molecule has 0 aliphatic rings. The highest BCUT2D eigenvalue weighted by Gasteiger charge is 1.86. The number of carbonyl (C=O) groups excluding carboxylic acids is 1. The predicted octanol–water partition coefficient (Wildman–Crippen LogP) is 1.20.